The summed E-state index contributed by atoms with van der Waals surface area (Å²) in [7, 11) is -2.34. The van der Waals surface area contributed by atoms with E-state index in [1.807, 2.05) is 49.4 Å². The second-order valence-corrected chi connectivity index (χ2v) is 17.0. The number of allylic oxidation sites excluding steroid dienone is 8. The molecule has 0 spiro atoms. The average Bonchev–Trinajstić information content (AvgIpc) is 3.89. The minimum absolute atomic E-state index is 0.977. The third-order valence-electron chi connectivity index (χ3n) is 8.11. The number of benzene rings is 3. The van der Waals surface area contributed by atoms with Crippen molar-refractivity contribution in [1.29, 1.82) is 0 Å². The van der Waals surface area contributed by atoms with Crippen molar-refractivity contribution in [3.05, 3.63) is 160 Å². The zero-order chi connectivity index (χ0) is 31.8. The molecule has 46 heavy (non-hydrogen) atoms. The van der Waals surface area contributed by atoms with Gasteiger partial charge in [-0.25, -0.2) is 0 Å². The predicted molar refractivity (Wildman–Crippen MR) is 199 cm³/mol. The SMILES string of the molecule is CC=C1CCCC1=CC(/C=C/c1ncc(-c2cnc(/C=C/C)s2)s1)=C([C]#[Os])[P+](c1ccccc1)(c1ccccc1)c1ccccc1. The minimum atomic E-state index is -2.34. The quantitative estimate of drug-likeness (QED) is 0.109. The van der Waals surface area contributed by atoms with Gasteiger partial charge in [0.15, 0.2) is 0 Å². The van der Waals surface area contributed by atoms with Crippen molar-refractivity contribution >= 4 is 58.0 Å². The first-order valence-electron chi connectivity index (χ1n) is 15.4. The molecule has 0 unspecified atom stereocenters. The van der Waals surface area contributed by atoms with Gasteiger partial charge in [0.2, 0.25) is 0 Å². The molecule has 6 heteroatoms. The van der Waals surface area contributed by atoms with Gasteiger partial charge in [-0.2, -0.15) is 0 Å². The van der Waals surface area contributed by atoms with Gasteiger partial charge >= 0.3 is 280 Å². The normalized spacial score (nSPS) is 16.0. The third kappa shape index (κ3) is 6.77. The number of nitrogens with zero attached hydrogens (tertiary/aromatic N) is 2. The zero-order valence-corrected chi connectivity index (χ0v) is 31.0. The Kier molecular flexibility index (Phi) is 10.8. The van der Waals surface area contributed by atoms with E-state index in [0.29, 0.717) is 0 Å². The van der Waals surface area contributed by atoms with E-state index < -0.39 is 7.26 Å². The van der Waals surface area contributed by atoms with Gasteiger partial charge in [0.05, 0.1) is 0 Å². The molecule has 1 aliphatic rings. The van der Waals surface area contributed by atoms with Crippen molar-refractivity contribution in [2.75, 3.05) is 0 Å². The predicted octanol–water partition coefficient (Wildman–Crippen LogP) is 10.1. The van der Waals surface area contributed by atoms with E-state index >= 15 is 0 Å². The van der Waals surface area contributed by atoms with E-state index in [0.717, 1.165) is 32.6 Å². The van der Waals surface area contributed by atoms with E-state index in [4.69, 9.17) is 4.98 Å². The van der Waals surface area contributed by atoms with Crippen LogP contribution in [0, 0.1) is 4.37 Å². The van der Waals surface area contributed by atoms with Crippen LogP contribution >= 0.6 is 29.9 Å². The van der Waals surface area contributed by atoms with Crippen LogP contribution in [0.4, 0.5) is 0 Å². The van der Waals surface area contributed by atoms with Crippen LogP contribution in [0.2, 0.25) is 0 Å². The molecule has 2 nitrogen and oxygen atoms in total. The average molecular weight is 829 g/mol. The first kappa shape index (κ1) is 32.4. The maximum atomic E-state index is 4.83. The summed E-state index contributed by atoms with van der Waals surface area (Å²) in [4.78, 5) is 11.7. The Balaban J connectivity index is 1.60. The molecule has 229 valence electrons. The molecule has 0 N–H and O–H groups in total. The van der Waals surface area contributed by atoms with Gasteiger partial charge in [0, 0.05) is 0 Å². The second kappa shape index (κ2) is 15.4. The summed E-state index contributed by atoms with van der Waals surface area (Å²) in [6, 6.07) is 33.2. The fraction of sp³-hybridized carbons (Fsp3) is 0.125. The Hall–Kier alpha value is -3.53. The topological polar surface area (TPSA) is 25.8 Å². The summed E-state index contributed by atoms with van der Waals surface area (Å²) in [6.07, 6.45) is 20.6. The van der Waals surface area contributed by atoms with E-state index in [1.165, 1.54) is 44.4 Å². The summed E-state index contributed by atoms with van der Waals surface area (Å²) < 4.78 is 3.84. The van der Waals surface area contributed by atoms with Crippen LogP contribution in [0.25, 0.3) is 21.9 Å². The maximum absolute atomic E-state index is 4.83. The fourth-order valence-corrected chi connectivity index (χ4v) is 13.6. The number of thiazole rings is 2. The molecule has 1 aliphatic carbocycles. The van der Waals surface area contributed by atoms with Gasteiger partial charge in [-0.15, -0.1) is 0 Å². The van der Waals surface area contributed by atoms with Gasteiger partial charge in [-0.3, -0.25) is 0 Å². The fourth-order valence-electron chi connectivity index (χ4n) is 6.02. The third-order valence-corrected chi connectivity index (χ3v) is 15.6. The Morgan fingerprint density at radius 1 is 0.717 bits per heavy atom. The number of rotatable bonds is 9. The Bertz CT molecular complexity index is 1900. The molecule has 0 aliphatic heterocycles. The van der Waals surface area contributed by atoms with Crippen molar-refractivity contribution in [2.45, 2.75) is 33.1 Å². The molecular formula is C40H35N2OsPS2+. The van der Waals surface area contributed by atoms with Crippen molar-refractivity contribution in [3.63, 3.8) is 0 Å². The molecule has 3 aromatic carbocycles. The number of hydrogen-bond donors (Lipinski definition) is 0. The molecule has 0 atom stereocenters. The summed E-state index contributed by atoms with van der Waals surface area (Å²) in [5, 5.41) is 7.20. The van der Waals surface area contributed by atoms with Crippen LogP contribution in [0.15, 0.2) is 150 Å². The molecule has 5 aromatic rings. The molecule has 0 saturated heterocycles. The van der Waals surface area contributed by atoms with Crippen LogP contribution in [0.5, 0.6) is 0 Å². The Labute approximate surface area is 291 Å². The summed E-state index contributed by atoms with van der Waals surface area (Å²) >= 11 is 5.23. The molecule has 1 saturated carbocycles. The molecule has 2 heterocycles. The van der Waals surface area contributed by atoms with Crippen molar-refractivity contribution in [1.82, 2.24) is 9.97 Å². The van der Waals surface area contributed by atoms with Crippen LogP contribution in [0.3, 0.4) is 0 Å². The van der Waals surface area contributed by atoms with Crippen LogP contribution in [-0.2, 0) is 17.9 Å². The monoisotopic (exact) mass is 830 g/mol. The molecule has 0 bridgehead atoms. The number of aromatic nitrogens is 2. The standard InChI is InChI=1S/C40H35N2PS2.Os/c1-4-16-39-41-28-37(44-39)38-29-42-40(45-38)26-25-32(27-33-18-15-17-31(33)5-2)30(3)43(34-19-9-6-10-20-34,35-21-11-7-12-22-35)36-23-13-8-14-24-36;/h4-14,16,19-29H,15,17-18H2,1-2H3;/q+1;/b16-4+,26-25+,31-5?,32-30?,33-27?;. The summed E-state index contributed by atoms with van der Waals surface area (Å²) in [5.41, 5.74) is 4.07. The van der Waals surface area contributed by atoms with Gasteiger partial charge in [-0.1, -0.05) is 6.08 Å². The van der Waals surface area contributed by atoms with Crippen LogP contribution in [0.1, 0.15) is 43.1 Å². The summed E-state index contributed by atoms with van der Waals surface area (Å²) in [5.74, 6) is 0. The van der Waals surface area contributed by atoms with Crippen molar-refractivity contribution in [3.8, 4) is 14.1 Å². The van der Waals surface area contributed by atoms with Crippen LogP contribution in [-0.4, -0.2) is 9.97 Å². The molecule has 0 radical (unpaired) electrons. The van der Waals surface area contributed by atoms with E-state index in [-0.39, 0.29) is 0 Å². The Morgan fingerprint density at radius 2 is 1.22 bits per heavy atom. The second-order valence-electron chi connectivity index (χ2n) is 10.9. The van der Waals surface area contributed by atoms with Gasteiger partial charge in [-0.05, 0) is 6.92 Å². The molecular weight excluding hydrogens is 794 g/mol. The van der Waals surface area contributed by atoms with Crippen molar-refractivity contribution < 1.29 is 17.9 Å². The molecule has 0 amide bonds. The molecule has 1 fully saturated rings. The van der Waals surface area contributed by atoms with E-state index in [9.17, 15) is 0 Å². The molecule has 6 rings (SSSR count). The zero-order valence-electron chi connectivity index (χ0n) is 25.9. The van der Waals surface area contributed by atoms with E-state index in [2.05, 4.69) is 132 Å². The summed E-state index contributed by atoms with van der Waals surface area (Å²) in [6.45, 7) is 4.19. The van der Waals surface area contributed by atoms with Crippen LogP contribution < -0.4 is 15.9 Å². The van der Waals surface area contributed by atoms with Crippen molar-refractivity contribution in [2.24, 2.45) is 0 Å². The van der Waals surface area contributed by atoms with E-state index in [1.54, 1.807) is 22.7 Å². The van der Waals surface area contributed by atoms with Gasteiger partial charge in [0.1, 0.15) is 0 Å². The molecule has 2 aromatic heterocycles. The number of hydrogen-bond acceptors (Lipinski definition) is 4. The van der Waals surface area contributed by atoms with Gasteiger partial charge in [0.25, 0.3) is 0 Å². The van der Waals surface area contributed by atoms with Gasteiger partial charge < -0.3 is 0 Å². The first-order chi connectivity index (χ1) is 22.7. The first-order valence-corrected chi connectivity index (χ1v) is 20.1. The Morgan fingerprint density at radius 3 is 1.70 bits per heavy atom.